The summed E-state index contributed by atoms with van der Waals surface area (Å²) >= 11 is 0. The Hall–Kier alpha value is -3.49. The van der Waals surface area contributed by atoms with Crippen LogP contribution in [0.15, 0.2) is 84.9 Å². The molecular formula is C26H28N2O5Si. The number of alkyl carbamates (subject to hydrolysis) is 1. The van der Waals surface area contributed by atoms with Crippen LogP contribution in [0.25, 0.3) is 0 Å². The number of non-ortho nitro benzene ring substituents is 1. The van der Waals surface area contributed by atoms with Crippen molar-refractivity contribution in [3.05, 3.63) is 101 Å². The van der Waals surface area contributed by atoms with Gasteiger partial charge in [-0.2, -0.15) is 0 Å². The monoisotopic (exact) mass is 476 g/mol. The highest BCUT2D eigenvalue weighted by molar-refractivity contribution is 6.99. The third-order valence-corrected chi connectivity index (χ3v) is 11.2. The van der Waals surface area contributed by atoms with E-state index >= 15 is 0 Å². The Balaban J connectivity index is 1.69. The van der Waals surface area contributed by atoms with Crippen molar-refractivity contribution in [2.45, 2.75) is 38.0 Å². The maximum atomic E-state index is 12.2. The quantitative estimate of drug-likeness (QED) is 0.312. The minimum absolute atomic E-state index is 0.0128. The van der Waals surface area contributed by atoms with Crippen molar-refractivity contribution in [2.24, 2.45) is 0 Å². The Bertz CT molecular complexity index is 1110. The molecule has 1 amide bonds. The summed E-state index contributed by atoms with van der Waals surface area (Å²) in [5.74, 6) is 0. The van der Waals surface area contributed by atoms with Gasteiger partial charge < -0.3 is 14.5 Å². The normalized spacial score (nSPS) is 18.3. The molecule has 34 heavy (non-hydrogen) atoms. The Labute approximate surface area is 200 Å². The molecule has 0 radical (unpaired) electrons. The van der Waals surface area contributed by atoms with Crippen LogP contribution in [0.1, 0.15) is 32.4 Å². The van der Waals surface area contributed by atoms with Crippen molar-refractivity contribution in [2.75, 3.05) is 6.61 Å². The first-order chi connectivity index (χ1) is 16.2. The van der Waals surface area contributed by atoms with Crippen LogP contribution in [-0.4, -0.2) is 32.0 Å². The predicted molar refractivity (Wildman–Crippen MR) is 133 cm³/mol. The average Bonchev–Trinajstić information content (AvgIpc) is 3.20. The van der Waals surface area contributed by atoms with Gasteiger partial charge in [-0.25, -0.2) is 4.79 Å². The number of nitro groups is 1. The average molecular weight is 477 g/mol. The number of nitrogens with one attached hydrogen (secondary N) is 1. The van der Waals surface area contributed by atoms with Crippen LogP contribution < -0.4 is 15.7 Å². The molecule has 0 bridgehead atoms. The largest absolute Gasteiger partial charge is 0.439 e. The molecule has 0 aromatic heterocycles. The Morgan fingerprint density at radius 3 is 1.94 bits per heavy atom. The first kappa shape index (κ1) is 23.7. The van der Waals surface area contributed by atoms with E-state index in [4.69, 9.17) is 9.16 Å². The van der Waals surface area contributed by atoms with E-state index in [2.05, 4.69) is 50.4 Å². The zero-order valence-electron chi connectivity index (χ0n) is 19.4. The number of rotatable bonds is 7. The fourth-order valence-corrected chi connectivity index (χ4v) is 9.24. The van der Waals surface area contributed by atoms with Crippen LogP contribution in [0.3, 0.4) is 0 Å². The van der Waals surface area contributed by atoms with E-state index < -0.39 is 31.5 Å². The number of ether oxygens (including phenoxy) is 1. The summed E-state index contributed by atoms with van der Waals surface area (Å²) in [6.07, 6.45) is -1.13. The molecule has 1 fully saturated rings. The molecule has 4 rings (SSSR count). The molecule has 3 aromatic rings. The molecule has 1 saturated heterocycles. The van der Waals surface area contributed by atoms with Crippen LogP contribution in [0, 0.1) is 10.1 Å². The van der Waals surface area contributed by atoms with E-state index in [1.165, 1.54) is 12.1 Å². The highest BCUT2D eigenvalue weighted by atomic mass is 28.4. The number of cyclic esters (lactones) is 1. The van der Waals surface area contributed by atoms with Gasteiger partial charge in [-0.3, -0.25) is 10.1 Å². The molecule has 1 aliphatic heterocycles. The molecule has 3 aromatic carbocycles. The SMILES string of the molecule is CC(C)(C)[Si](OC[C@H]1NC(=O)O[C@@H]1c1ccc([N+](=O)[O-])cc1)(c1ccccc1)c1ccccc1. The smallest absolute Gasteiger partial charge is 0.408 e. The van der Waals surface area contributed by atoms with Gasteiger partial charge in [-0.1, -0.05) is 81.4 Å². The zero-order chi connectivity index (χ0) is 24.3. The molecule has 0 aliphatic carbocycles. The van der Waals surface area contributed by atoms with Crippen LogP contribution in [0.5, 0.6) is 0 Å². The third-order valence-electron chi connectivity index (χ3n) is 6.23. The standard InChI is InChI=1S/C26H28N2O5Si/c1-26(2,3)34(21-10-6-4-7-11-21,22-12-8-5-9-13-22)32-18-23-24(33-25(29)27-23)19-14-16-20(17-15-19)28(30)31/h4-17,23-24H,18H2,1-3H3,(H,27,29)/t23-,24-/m1/s1. The summed E-state index contributed by atoms with van der Waals surface area (Å²) in [7, 11) is -2.79. The van der Waals surface area contributed by atoms with E-state index in [-0.39, 0.29) is 17.3 Å². The van der Waals surface area contributed by atoms with Crippen molar-refractivity contribution < 1.29 is 18.9 Å². The fraction of sp³-hybridized carbons (Fsp3) is 0.269. The first-order valence-electron chi connectivity index (χ1n) is 11.2. The van der Waals surface area contributed by atoms with Crippen molar-refractivity contribution in [3.63, 3.8) is 0 Å². The summed E-state index contributed by atoms with van der Waals surface area (Å²) < 4.78 is 12.5. The van der Waals surface area contributed by atoms with Crippen molar-refractivity contribution in [3.8, 4) is 0 Å². The molecular weight excluding hydrogens is 448 g/mol. The number of hydrogen-bond acceptors (Lipinski definition) is 5. The molecule has 0 saturated carbocycles. The predicted octanol–water partition coefficient (Wildman–Crippen LogP) is 4.32. The molecule has 0 spiro atoms. The van der Waals surface area contributed by atoms with Crippen LogP contribution in [0.2, 0.25) is 5.04 Å². The number of carbonyl (C=O) groups is 1. The Morgan fingerprint density at radius 1 is 0.941 bits per heavy atom. The topological polar surface area (TPSA) is 90.7 Å². The van der Waals surface area contributed by atoms with Gasteiger partial charge in [-0.05, 0) is 33.1 Å². The lowest BCUT2D eigenvalue weighted by Crippen LogP contribution is -2.67. The van der Waals surface area contributed by atoms with Gasteiger partial charge in [0.15, 0.2) is 6.10 Å². The lowest BCUT2D eigenvalue weighted by atomic mass is 10.0. The van der Waals surface area contributed by atoms with Crippen molar-refractivity contribution >= 4 is 30.5 Å². The molecule has 2 atom stereocenters. The third kappa shape index (κ3) is 4.46. The number of hydrogen-bond donors (Lipinski definition) is 1. The van der Waals surface area contributed by atoms with Crippen LogP contribution in [-0.2, 0) is 9.16 Å². The van der Waals surface area contributed by atoms with Crippen LogP contribution in [0.4, 0.5) is 10.5 Å². The number of carbonyl (C=O) groups excluding carboxylic acids is 1. The minimum atomic E-state index is -2.79. The summed E-state index contributed by atoms with van der Waals surface area (Å²) in [4.78, 5) is 22.8. The summed E-state index contributed by atoms with van der Waals surface area (Å²) in [6, 6.07) is 26.2. The highest BCUT2D eigenvalue weighted by Gasteiger charge is 2.51. The second-order valence-corrected chi connectivity index (χ2v) is 13.7. The molecule has 1 heterocycles. The van der Waals surface area contributed by atoms with E-state index in [0.717, 1.165) is 10.4 Å². The Kier molecular flexibility index (Phi) is 6.54. The molecule has 176 valence electrons. The van der Waals surface area contributed by atoms with E-state index in [1.807, 2.05) is 36.4 Å². The van der Waals surface area contributed by atoms with Crippen LogP contribution >= 0.6 is 0 Å². The summed E-state index contributed by atoms with van der Waals surface area (Å²) in [5, 5.41) is 16.0. The maximum Gasteiger partial charge on any atom is 0.408 e. The van der Waals surface area contributed by atoms with Gasteiger partial charge in [0.05, 0.1) is 17.6 Å². The van der Waals surface area contributed by atoms with Crippen molar-refractivity contribution in [1.82, 2.24) is 5.32 Å². The van der Waals surface area contributed by atoms with E-state index in [1.54, 1.807) is 12.1 Å². The van der Waals surface area contributed by atoms with Gasteiger partial charge in [0.2, 0.25) is 0 Å². The molecule has 1 aliphatic rings. The second-order valence-electron chi connectivity index (χ2n) is 9.40. The van der Waals surface area contributed by atoms with Gasteiger partial charge in [0, 0.05) is 12.1 Å². The highest BCUT2D eigenvalue weighted by Crippen LogP contribution is 2.38. The van der Waals surface area contributed by atoms with E-state index in [0.29, 0.717) is 5.56 Å². The lowest BCUT2D eigenvalue weighted by molar-refractivity contribution is -0.384. The summed E-state index contributed by atoms with van der Waals surface area (Å²) in [5.41, 5.74) is 0.668. The second kappa shape index (κ2) is 9.40. The van der Waals surface area contributed by atoms with Gasteiger partial charge in [0.1, 0.15) is 0 Å². The maximum absolute atomic E-state index is 12.2. The van der Waals surface area contributed by atoms with Gasteiger partial charge in [0.25, 0.3) is 14.0 Å². The molecule has 0 unspecified atom stereocenters. The van der Waals surface area contributed by atoms with E-state index in [9.17, 15) is 14.9 Å². The van der Waals surface area contributed by atoms with Gasteiger partial charge >= 0.3 is 6.09 Å². The minimum Gasteiger partial charge on any atom is -0.439 e. The number of nitrogens with zero attached hydrogens (tertiary/aromatic N) is 1. The lowest BCUT2D eigenvalue weighted by Gasteiger charge is -2.43. The van der Waals surface area contributed by atoms with Gasteiger partial charge in [-0.15, -0.1) is 0 Å². The fourth-order valence-electron chi connectivity index (χ4n) is 4.65. The number of benzene rings is 3. The first-order valence-corrected chi connectivity index (χ1v) is 13.1. The molecule has 1 N–H and O–H groups in total. The molecule has 8 heteroatoms. The summed E-state index contributed by atoms with van der Waals surface area (Å²) in [6.45, 7) is 6.81. The number of nitro benzene ring substituents is 1. The zero-order valence-corrected chi connectivity index (χ0v) is 20.4. The van der Waals surface area contributed by atoms with Crippen molar-refractivity contribution in [1.29, 1.82) is 0 Å². The molecule has 7 nitrogen and oxygen atoms in total. The number of amides is 1. The Morgan fingerprint density at radius 2 is 1.47 bits per heavy atom.